The van der Waals surface area contributed by atoms with Crippen molar-refractivity contribution in [3.8, 4) is 11.5 Å². The lowest BCUT2D eigenvalue weighted by atomic mass is 10.1. The molecule has 0 amide bonds. The fourth-order valence-electron chi connectivity index (χ4n) is 4.08. The lowest BCUT2D eigenvalue weighted by molar-refractivity contribution is 0.221. The van der Waals surface area contributed by atoms with Crippen LogP contribution in [-0.2, 0) is 12.8 Å². The number of aromatic hydroxyl groups is 1. The number of hydrogen-bond acceptors (Lipinski definition) is 4. The maximum Gasteiger partial charge on any atom is 0.161 e. The molecule has 152 valence electrons. The Bertz CT molecular complexity index is 792. The molecule has 0 saturated carbocycles. The molecule has 0 atom stereocenters. The quantitative estimate of drug-likeness (QED) is 0.692. The molecule has 1 aliphatic carbocycles. The van der Waals surface area contributed by atoms with Crippen LogP contribution in [0.5, 0.6) is 11.5 Å². The zero-order chi connectivity index (χ0) is 18.6. The van der Waals surface area contributed by atoms with Crippen molar-refractivity contribution in [3.63, 3.8) is 0 Å². The number of piperazine rings is 1. The number of anilines is 1. The fraction of sp³-hybridized carbons (Fsp3) is 0.455. The van der Waals surface area contributed by atoms with E-state index in [1.807, 2.05) is 30.3 Å². The molecule has 0 radical (unpaired) electrons. The highest BCUT2D eigenvalue weighted by molar-refractivity contribution is 6.30. The highest BCUT2D eigenvalue weighted by atomic mass is 35.5. The van der Waals surface area contributed by atoms with Gasteiger partial charge in [0, 0.05) is 43.4 Å². The molecule has 0 unspecified atom stereocenters. The third-order valence-corrected chi connectivity index (χ3v) is 5.83. The highest BCUT2D eigenvalue weighted by Gasteiger charge is 2.18. The van der Waals surface area contributed by atoms with E-state index < -0.39 is 0 Å². The Balaban J connectivity index is 0.00000225. The number of rotatable bonds is 6. The van der Waals surface area contributed by atoms with Crippen molar-refractivity contribution in [1.82, 2.24) is 4.90 Å². The van der Waals surface area contributed by atoms with Gasteiger partial charge in [-0.3, -0.25) is 4.90 Å². The van der Waals surface area contributed by atoms with Gasteiger partial charge < -0.3 is 14.7 Å². The SMILES string of the molecule is Cl.Oc1cc2c(cc1OCCCN1CCN(c3cccc(Cl)c3)CC1)CCC2. The van der Waals surface area contributed by atoms with Crippen LogP contribution in [-0.4, -0.2) is 49.3 Å². The molecule has 1 saturated heterocycles. The Kier molecular flexibility index (Phi) is 7.33. The summed E-state index contributed by atoms with van der Waals surface area (Å²) >= 11 is 6.10. The Morgan fingerprint density at radius 3 is 2.50 bits per heavy atom. The summed E-state index contributed by atoms with van der Waals surface area (Å²) in [5.41, 5.74) is 3.81. The first-order chi connectivity index (χ1) is 13.2. The van der Waals surface area contributed by atoms with Gasteiger partial charge in [-0.15, -0.1) is 12.4 Å². The standard InChI is InChI=1S/C22H27ClN2O2.ClH/c23-19-6-2-7-20(16-19)25-11-9-24(10-12-25)8-3-13-27-22-15-18-5-1-4-17(18)14-21(22)26;/h2,6-7,14-16,26H,1,3-5,8-13H2;1H. The number of fused-ring (bicyclic) bond motifs is 1. The number of aryl methyl sites for hydroxylation is 2. The maximum absolute atomic E-state index is 10.1. The number of nitrogens with zero attached hydrogens (tertiary/aromatic N) is 2. The molecule has 2 aromatic rings. The fourth-order valence-corrected chi connectivity index (χ4v) is 4.26. The summed E-state index contributed by atoms with van der Waals surface area (Å²) in [6.07, 6.45) is 4.32. The number of ether oxygens (including phenoxy) is 1. The van der Waals surface area contributed by atoms with Gasteiger partial charge in [0.25, 0.3) is 0 Å². The molecule has 1 fully saturated rings. The van der Waals surface area contributed by atoms with Crippen molar-refractivity contribution >= 4 is 29.7 Å². The normalized spacial score (nSPS) is 16.5. The molecule has 4 nitrogen and oxygen atoms in total. The molecule has 2 aromatic carbocycles. The molecule has 0 spiro atoms. The average Bonchev–Trinajstić information content (AvgIpc) is 3.13. The van der Waals surface area contributed by atoms with Crippen LogP contribution in [0.15, 0.2) is 36.4 Å². The molecule has 28 heavy (non-hydrogen) atoms. The van der Waals surface area contributed by atoms with Crippen LogP contribution >= 0.6 is 24.0 Å². The molecule has 2 aliphatic rings. The average molecular weight is 423 g/mol. The first kappa shape index (κ1) is 21.1. The van der Waals surface area contributed by atoms with E-state index >= 15 is 0 Å². The molecular formula is C22H28Cl2N2O2. The van der Waals surface area contributed by atoms with Crippen LogP contribution in [0.1, 0.15) is 24.0 Å². The van der Waals surface area contributed by atoms with E-state index in [4.69, 9.17) is 16.3 Å². The predicted molar refractivity (Wildman–Crippen MR) is 118 cm³/mol. The van der Waals surface area contributed by atoms with Gasteiger partial charge in [-0.05, 0) is 67.1 Å². The second kappa shape index (κ2) is 9.73. The van der Waals surface area contributed by atoms with Crippen LogP contribution in [0.25, 0.3) is 0 Å². The number of phenols is 1. The first-order valence-electron chi connectivity index (χ1n) is 9.89. The van der Waals surface area contributed by atoms with E-state index in [1.165, 1.54) is 23.2 Å². The summed E-state index contributed by atoms with van der Waals surface area (Å²) < 4.78 is 5.85. The van der Waals surface area contributed by atoms with Crippen molar-refractivity contribution in [2.45, 2.75) is 25.7 Å². The van der Waals surface area contributed by atoms with Gasteiger partial charge in [0.05, 0.1) is 6.61 Å². The third kappa shape index (κ3) is 5.05. The largest absolute Gasteiger partial charge is 0.504 e. The zero-order valence-corrected chi connectivity index (χ0v) is 17.6. The monoisotopic (exact) mass is 422 g/mol. The lowest BCUT2D eigenvalue weighted by Crippen LogP contribution is -2.46. The Hall–Kier alpha value is -1.62. The van der Waals surface area contributed by atoms with Crippen molar-refractivity contribution in [3.05, 3.63) is 52.5 Å². The van der Waals surface area contributed by atoms with Gasteiger partial charge in [0.15, 0.2) is 11.5 Å². The minimum atomic E-state index is 0. The second-order valence-electron chi connectivity index (χ2n) is 7.45. The zero-order valence-electron chi connectivity index (χ0n) is 16.1. The third-order valence-electron chi connectivity index (χ3n) is 5.60. The van der Waals surface area contributed by atoms with Gasteiger partial charge in [-0.1, -0.05) is 17.7 Å². The predicted octanol–water partition coefficient (Wildman–Crippen LogP) is 4.55. The van der Waals surface area contributed by atoms with Crippen molar-refractivity contribution < 1.29 is 9.84 Å². The number of halogens is 2. The van der Waals surface area contributed by atoms with Crippen molar-refractivity contribution in [1.29, 1.82) is 0 Å². The smallest absolute Gasteiger partial charge is 0.161 e. The molecule has 4 rings (SSSR count). The van der Waals surface area contributed by atoms with Gasteiger partial charge in [-0.2, -0.15) is 0 Å². The minimum Gasteiger partial charge on any atom is -0.504 e. The van der Waals surface area contributed by atoms with Crippen molar-refractivity contribution in [2.24, 2.45) is 0 Å². The minimum absolute atomic E-state index is 0. The molecular weight excluding hydrogens is 395 g/mol. The van der Waals surface area contributed by atoms with Crippen molar-refractivity contribution in [2.75, 3.05) is 44.2 Å². The summed E-state index contributed by atoms with van der Waals surface area (Å²) in [5.74, 6) is 0.923. The summed E-state index contributed by atoms with van der Waals surface area (Å²) in [5, 5.41) is 10.9. The van der Waals surface area contributed by atoms with E-state index in [9.17, 15) is 5.11 Å². The summed E-state index contributed by atoms with van der Waals surface area (Å²) in [6.45, 7) is 5.81. The van der Waals surface area contributed by atoms with E-state index in [0.29, 0.717) is 12.4 Å². The molecule has 0 aromatic heterocycles. The van der Waals surface area contributed by atoms with E-state index in [0.717, 1.165) is 57.0 Å². The lowest BCUT2D eigenvalue weighted by Gasteiger charge is -2.36. The maximum atomic E-state index is 10.1. The summed E-state index contributed by atoms with van der Waals surface area (Å²) in [7, 11) is 0. The van der Waals surface area contributed by atoms with Crippen LogP contribution in [0.4, 0.5) is 5.69 Å². The molecule has 1 aliphatic heterocycles. The number of hydrogen-bond donors (Lipinski definition) is 1. The van der Waals surface area contributed by atoms with Crippen LogP contribution in [0, 0.1) is 0 Å². The Morgan fingerprint density at radius 1 is 1.00 bits per heavy atom. The van der Waals surface area contributed by atoms with Gasteiger partial charge in [-0.25, -0.2) is 0 Å². The van der Waals surface area contributed by atoms with Crippen LogP contribution in [0.2, 0.25) is 5.02 Å². The molecule has 0 bridgehead atoms. The van der Waals surface area contributed by atoms with Gasteiger partial charge >= 0.3 is 0 Å². The summed E-state index contributed by atoms with van der Waals surface area (Å²) in [6, 6.07) is 12.0. The summed E-state index contributed by atoms with van der Waals surface area (Å²) in [4.78, 5) is 4.87. The number of phenolic OH excluding ortho intramolecular Hbond substituents is 1. The van der Waals surface area contributed by atoms with Gasteiger partial charge in [0.1, 0.15) is 0 Å². The highest BCUT2D eigenvalue weighted by Crippen LogP contribution is 2.34. The molecule has 1 heterocycles. The van der Waals surface area contributed by atoms with Crippen LogP contribution in [0.3, 0.4) is 0 Å². The van der Waals surface area contributed by atoms with E-state index in [-0.39, 0.29) is 18.2 Å². The van der Waals surface area contributed by atoms with Crippen LogP contribution < -0.4 is 9.64 Å². The topological polar surface area (TPSA) is 35.9 Å². The number of benzene rings is 2. The van der Waals surface area contributed by atoms with Gasteiger partial charge in [0.2, 0.25) is 0 Å². The van der Waals surface area contributed by atoms with E-state index in [2.05, 4.69) is 15.9 Å². The van der Waals surface area contributed by atoms with E-state index in [1.54, 1.807) is 0 Å². The molecule has 1 N–H and O–H groups in total. The Labute approximate surface area is 178 Å². The Morgan fingerprint density at radius 2 is 1.75 bits per heavy atom. The second-order valence-corrected chi connectivity index (χ2v) is 7.89. The molecule has 6 heteroatoms. The first-order valence-corrected chi connectivity index (χ1v) is 10.3.